The van der Waals surface area contributed by atoms with Crippen molar-refractivity contribution >= 4 is 0 Å². The highest BCUT2D eigenvalue weighted by Gasteiger charge is 2.59. The smallest absolute Gasteiger partial charge is 0.155 e. The van der Waals surface area contributed by atoms with Gasteiger partial charge in [-0.05, 0) is 107 Å². The molecule has 0 amide bonds. The molecule has 28 heavy (non-hydrogen) atoms. The van der Waals surface area contributed by atoms with Gasteiger partial charge in [0, 0.05) is 6.61 Å². The topological polar surface area (TPSA) is 38.7 Å². The van der Waals surface area contributed by atoms with Gasteiger partial charge in [-0.3, -0.25) is 0 Å². The van der Waals surface area contributed by atoms with Crippen LogP contribution in [0.25, 0.3) is 0 Å². The van der Waals surface area contributed by atoms with E-state index in [9.17, 15) is 5.11 Å². The maximum absolute atomic E-state index is 10.4. The van der Waals surface area contributed by atoms with E-state index in [0.29, 0.717) is 29.5 Å². The number of aliphatic hydroxyl groups excluding tert-OH is 1. The largest absolute Gasteiger partial charge is 0.393 e. The van der Waals surface area contributed by atoms with Gasteiger partial charge < -0.3 is 14.6 Å². The lowest BCUT2D eigenvalue weighted by atomic mass is 9.47. The summed E-state index contributed by atoms with van der Waals surface area (Å²) in [5, 5.41) is 10.4. The van der Waals surface area contributed by atoms with Crippen molar-refractivity contribution < 1.29 is 14.6 Å². The number of aliphatic hydroxyl groups is 1. The lowest BCUT2D eigenvalue weighted by Gasteiger charge is -2.58. The summed E-state index contributed by atoms with van der Waals surface area (Å²) in [4.78, 5) is 0. The molecule has 0 bridgehead atoms. The van der Waals surface area contributed by atoms with Crippen molar-refractivity contribution in [1.29, 1.82) is 0 Å². The molecule has 0 aromatic rings. The predicted molar refractivity (Wildman–Crippen MR) is 113 cm³/mol. The summed E-state index contributed by atoms with van der Waals surface area (Å²) in [5.41, 5.74) is 2.38. The Morgan fingerprint density at radius 3 is 2.61 bits per heavy atom. The Hall–Kier alpha value is -0.380. The second-order valence-electron chi connectivity index (χ2n) is 10.8. The number of hydrogen-bond donors (Lipinski definition) is 1. The van der Waals surface area contributed by atoms with Crippen molar-refractivity contribution in [3.63, 3.8) is 0 Å². The van der Waals surface area contributed by atoms with E-state index in [-0.39, 0.29) is 12.4 Å². The number of rotatable bonds is 5. The average Bonchev–Trinajstić information content (AvgIpc) is 2.99. The zero-order chi connectivity index (χ0) is 20.1. The Morgan fingerprint density at radius 2 is 1.89 bits per heavy atom. The van der Waals surface area contributed by atoms with E-state index >= 15 is 0 Å². The van der Waals surface area contributed by atoms with Gasteiger partial charge in [0.15, 0.2) is 6.29 Å². The van der Waals surface area contributed by atoms with Gasteiger partial charge in [-0.15, -0.1) is 0 Å². The number of hydrogen-bond acceptors (Lipinski definition) is 3. The summed E-state index contributed by atoms with van der Waals surface area (Å²) in [6.45, 7) is 11.9. The average molecular weight is 391 g/mol. The Morgan fingerprint density at radius 1 is 1.11 bits per heavy atom. The van der Waals surface area contributed by atoms with Gasteiger partial charge in [0.1, 0.15) is 0 Å². The summed E-state index contributed by atoms with van der Waals surface area (Å²) >= 11 is 0. The molecule has 0 aromatic carbocycles. The quantitative estimate of drug-likeness (QED) is 0.482. The molecule has 160 valence electrons. The minimum Gasteiger partial charge on any atom is -0.393 e. The van der Waals surface area contributed by atoms with Crippen LogP contribution in [0, 0.1) is 34.5 Å². The van der Waals surface area contributed by atoms with Crippen molar-refractivity contribution in [3.8, 4) is 0 Å². The van der Waals surface area contributed by atoms with Crippen molar-refractivity contribution in [1.82, 2.24) is 0 Å². The Labute approximate surface area is 172 Å². The maximum Gasteiger partial charge on any atom is 0.155 e. The molecule has 4 aliphatic rings. The zero-order valence-corrected chi connectivity index (χ0v) is 18.7. The molecule has 3 heteroatoms. The van der Waals surface area contributed by atoms with Crippen LogP contribution in [0.5, 0.6) is 0 Å². The summed E-state index contributed by atoms with van der Waals surface area (Å²) < 4.78 is 11.8. The van der Waals surface area contributed by atoms with Crippen LogP contribution in [0.1, 0.15) is 86.0 Å². The van der Waals surface area contributed by atoms with E-state index in [1.54, 1.807) is 5.57 Å². The highest BCUT2D eigenvalue weighted by molar-refractivity contribution is 5.25. The van der Waals surface area contributed by atoms with Gasteiger partial charge in [-0.1, -0.05) is 25.5 Å². The van der Waals surface area contributed by atoms with Crippen LogP contribution in [0.15, 0.2) is 11.6 Å². The molecule has 0 radical (unpaired) electrons. The highest BCUT2D eigenvalue weighted by Crippen LogP contribution is 2.66. The van der Waals surface area contributed by atoms with Crippen molar-refractivity contribution in [2.45, 2.75) is 104 Å². The first-order chi connectivity index (χ1) is 13.3. The molecule has 4 rings (SSSR count). The normalized spacial score (nSPS) is 47.5. The fraction of sp³-hybridized carbons (Fsp3) is 0.920. The third kappa shape index (κ3) is 3.30. The summed E-state index contributed by atoms with van der Waals surface area (Å²) in [6.07, 6.45) is 12.6. The SMILES string of the molecule is CCOC(C)O[C@H]1CC[C@@]2(C)C(=CC[C@H]3[C@@H]4CC[C@H]([C@@H](C)O)[C@@]4(C)CC[C@@H]32)C1. The Bertz CT molecular complexity index is 599. The third-order valence-corrected chi connectivity index (χ3v) is 9.50. The maximum atomic E-state index is 10.4. The molecule has 0 aliphatic heterocycles. The van der Waals surface area contributed by atoms with E-state index in [1.807, 2.05) is 20.8 Å². The number of fused-ring (bicyclic) bond motifs is 5. The molecule has 0 heterocycles. The van der Waals surface area contributed by atoms with Crippen LogP contribution in [0.3, 0.4) is 0 Å². The van der Waals surface area contributed by atoms with Crippen LogP contribution in [0.2, 0.25) is 0 Å². The van der Waals surface area contributed by atoms with Crippen LogP contribution in [-0.4, -0.2) is 30.2 Å². The summed E-state index contributed by atoms with van der Waals surface area (Å²) in [7, 11) is 0. The molecule has 0 aromatic heterocycles. The molecular weight excluding hydrogens is 348 g/mol. The molecule has 1 unspecified atom stereocenters. The molecule has 9 atom stereocenters. The van der Waals surface area contributed by atoms with Crippen LogP contribution >= 0.6 is 0 Å². The monoisotopic (exact) mass is 390 g/mol. The first-order valence-corrected chi connectivity index (χ1v) is 11.9. The van der Waals surface area contributed by atoms with Gasteiger partial charge >= 0.3 is 0 Å². The van der Waals surface area contributed by atoms with E-state index in [4.69, 9.17) is 9.47 Å². The van der Waals surface area contributed by atoms with Gasteiger partial charge in [0.25, 0.3) is 0 Å². The predicted octanol–water partition coefficient (Wildman–Crippen LogP) is 5.71. The molecule has 3 nitrogen and oxygen atoms in total. The van der Waals surface area contributed by atoms with Gasteiger partial charge in [-0.25, -0.2) is 0 Å². The highest BCUT2D eigenvalue weighted by atomic mass is 16.7. The number of allylic oxidation sites excluding steroid dienone is 1. The zero-order valence-electron chi connectivity index (χ0n) is 18.7. The summed E-state index contributed by atoms with van der Waals surface area (Å²) in [6, 6.07) is 0. The Balaban J connectivity index is 1.51. The minimum absolute atomic E-state index is 0.0948. The molecule has 0 spiro atoms. The molecule has 4 aliphatic carbocycles. The second-order valence-corrected chi connectivity index (χ2v) is 10.8. The van der Waals surface area contributed by atoms with Gasteiger partial charge in [0.2, 0.25) is 0 Å². The van der Waals surface area contributed by atoms with Crippen LogP contribution in [0.4, 0.5) is 0 Å². The van der Waals surface area contributed by atoms with Crippen molar-refractivity contribution in [2.75, 3.05) is 6.61 Å². The molecule has 3 saturated carbocycles. The van der Waals surface area contributed by atoms with E-state index in [0.717, 1.165) is 30.6 Å². The van der Waals surface area contributed by atoms with Crippen molar-refractivity contribution in [2.24, 2.45) is 34.5 Å². The van der Waals surface area contributed by atoms with E-state index in [2.05, 4.69) is 19.9 Å². The second kappa shape index (κ2) is 7.71. The summed E-state index contributed by atoms with van der Waals surface area (Å²) in [5.74, 6) is 2.94. The van der Waals surface area contributed by atoms with Crippen molar-refractivity contribution in [3.05, 3.63) is 11.6 Å². The lowest BCUT2D eigenvalue weighted by molar-refractivity contribution is -0.167. The fourth-order valence-electron chi connectivity index (χ4n) is 8.12. The molecule has 3 fully saturated rings. The standard InChI is InChI=1S/C25H42O3/c1-6-27-17(3)28-19-11-13-24(4)18(15-19)7-8-20-22-10-9-21(16(2)26)25(22,5)14-12-23(20)24/h7,16-17,19-23,26H,6,8-15H2,1-5H3/t16-,17?,19+,20+,21-,22+,23+,24+,25-/m1/s1. The first-order valence-electron chi connectivity index (χ1n) is 11.9. The molecule has 0 saturated heterocycles. The first kappa shape index (κ1) is 20.9. The van der Waals surface area contributed by atoms with Crippen LogP contribution in [-0.2, 0) is 9.47 Å². The van der Waals surface area contributed by atoms with E-state index < -0.39 is 0 Å². The fourth-order valence-corrected chi connectivity index (χ4v) is 8.12. The third-order valence-electron chi connectivity index (χ3n) is 9.50. The van der Waals surface area contributed by atoms with Gasteiger partial charge in [-0.2, -0.15) is 0 Å². The van der Waals surface area contributed by atoms with Gasteiger partial charge in [0.05, 0.1) is 12.2 Å². The molecular formula is C25H42O3. The Kier molecular flexibility index (Phi) is 5.74. The molecule has 1 N–H and O–H groups in total. The van der Waals surface area contributed by atoms with E-state index in [1.165, 1.54) is 38.5 Å². The minimum atomic E-state index is -0.156. The van der Waals surface area contributed by atoms with Crippen LogP contribution < -0.4 is 0 Å². The lowest BCUT2D eigenvalue weighted by Crippen LogP contribution is -2.51. The number of ether oxygens (including phenoxy) is 2.